The van der Waals surface area contributed by atoms with E-state index in [4.69, 9.17) is 28.3 Å². The van der Waals surface area contributed by atoms with Crippen molar-refractivity contribution >= 4 is 29.2 Å². The molecule has 3 nitrogen and oxygen atoms in total. The van der Waals surface area contributed by atoms with E-state index in [0.717, 1.165) is 23.1 Å². The van der Waals surface area contributed by atoms with Crippen LogP contribution in [0, 0.1) is 5.92 Å². The van der Waals surface area contributed by atoms with Crippen molar-refractivity contribution in [3.05, 3.63) is 52.3 Å². The molecule has 0 radical (unpaired) electrons. The van der Waals surface area contributed by atoms with Gasteiger partial charge in [0.2, 0.25) is 0 Å². The fourth-order valence-electron chi connectivity index (χ4n) is 2.39. The molecule has 20 heavy (non-hydrogen) atoms. The highest BCUT2D eigenvalue weighted by Gasteiger charge is 2.43. The average molecular weight is 308 g/mol. The number of aromatic nitrogens is 1. The van der Waals surface area contributed by atoms with Crippen molar-refractivity contribution < 1.29 is 9.90 Å². The molecular formula is C15H11Cl2NO2. The van der Waals surface area contributed by atoms with E-state index in [1.165, 1.54) is 0 Å². The van der Waals surface area contributed by atoms with Crippen LogP contribution in [0.5, 0.6) is 0 Å². The predicted molar refractivity (Wildman–Crippen MR) is 78.2 cm³/mol. The third kappa shape index (κ3) is 2.65. The second kappa shape index (κ2) is 5.08. The summed E-state index contributed by atoms with van der Waals surface area (Å²) in [6.07, 6.45) is 0.724. The van der Waals surface area contributed by atoms with Crippen molar-refractivity contribution in [1.82, 2.24) is 4.98 Å². The van der Waals surface area contributed by atoms with Crippen LogP contribution in [0.15, 0.2) is 36.4 Å². The van der Waals surface area contributed by atoms with E-state index < -0.39 is 5.97 Å². The Bertz CT molecular complexity index is 650. The topological polar surface area (TPSA) is 50.2 Å². The molecule has 0 bridgehead atoms. The maximum Gasteiger partial charge on any atom is 0.307 e. The molecule has 1 aliphatic rings. The van der Waals surface area contributed by atoms with Crippen LogP contribution in [0.2, 0.25) is 10.3 Å². The molecule has 0 amide bonds. The molecule has 2 unspecified atom stereocenters. The molecule has 1 N–H and O–H groups in total. The summed E-state index contributed by atoms with van der Waals surface area (Å²) in [5.74, 6) is -0.802. The SMILES string of the molecule is O=C(O)C1CC1c1ccc(-c2cc(Cl)nc(Cl)c2)cc1. The molecule has 1 aromatic heterocycles. The first-order valence-corrected chi connectivity index (χ1v) is 6.96. The number of hydrogen-bond acceptors (Lipinski definition) is 2. The molecule has 0 aliphatic heterocycles. The number of halogens is 2. The summed E-state index contributed by atoms with van der Waals surface area (Å²) in [5, 5.41) is 9.65. The lowest BCUT2D eigenvalue weighted by Crippen LogP contribution is -1.98. The minimum Gasteiger partial charge on any atom is -0.481 e. The first kappa shape index (κ1) is 13.4. The summed E-state index contributed by atoms with van der Waals surface area (Å²) in [7, 11) is 0. The number of pyridine rings is 1. The Morgan fingerprint density at radius 2 is 1.70 bits per heavy atom. The number of nitrogens with zero attached hydrogens (tertiary/aromatic N) is 1. The number of rotatable bonds is 3. The second-order valence-corrected chi connectivity index (χ2v) is 5.68. The Labute approximate surface area is 126 Å². The second-order valence-electron chi connectivity index (χ2n) is 4.91. The summed E-state index contributed by atoms with van der Waals surface area (Å²) < 4.78 is 0. The molecule has 0 saturated heterocycles. The van der Waals surface area contributed by atoms with E-state index in [9.17, 15) is 4.79 Å². The van der Waals surface area contributed by atoms with E-state index in [-0.39, 0.29) is 11.8 Å². The van der Waals surface area contributed by atoms with Crippen molar-refractivity contribution in [2.45, 2.75) is 12.3 Å². The first-order valence-electron chi connectivity index (χ1n) is 6.21. The Kier molecular flexibility index (Phi) is 3.40. The molecule has 1 saturated carbocycles. The lowest BCUT2D eigenvalue weighted by Gasteiger charge is -2.05. The van der Waals surface area contributed by atoms with Crippen LogP contribution in [-0.2, 0) is 4.79 Å². The molecule has 102 valence electrons. The molecule has 5 heteroatoms. The van der Waals surface area contributed by atoms with Gasteiger partial charge in [-0.2, -0.15) is 0 Å². The smallest absolute Gasteiger partial charge is 0.307 e. The van der Waals surface area contributed by atoms with Gasteiger partial charge >= 0.3 is 5.97 Å². The van der Waals surface area contributed by atoms with Gasteiger partial charge < -0.3 is 5.11 Å². The molecule has 0 spiro atoms. The zero-order chi connectivity index (χ0) is 14.3. The fraction of sp³-hybridized carbons (Fsp3) is 0.200. The Balaban J connectivity index is 1.85. The zero-order valence-corrected chi connectivity index (χ0v) is 11.9. The molecule has 2 aromatic rings. The minimum absolute atomic E-state index is 0.145. The Morgan fingerprint density at radius 3 is 2.20 bits per heavy atom. The molecular weight excluding hydrogens is 297 g/mol. The fourth-order valence-corrected chi connectivity index (χ4v) is 2.85. The predicted octanol–water partition coefficient (Wildman–Crippen LogP) is 4.24. The first-order chi connectivity index (χ1) is 9.54. The minimum atomic E-state index is -0.716. The molecule has 2 atom stereocenters. The number of aliphatic carboxylic acids is 1. The molecule has 3 rings (SSSR count). The molecule has 1 fully saturated rings. The summed E-state index contributed by atoms with van der Waals surface area (Å²) in [4.78, 5) is 14.8. The van der Waals surface area contributed by atoms with Crippen molar-refractivity contribution in [2.75, 3.05) is 0 Å². The van der Waals surface area contributed by atoms with Gasteiger partial charge in [0.05, 0.1) is 5.92 Å². The molecule has 1 heterocycles. The maximum absolute atomic E-state index is 10.9. The van der Waals surface area contributed by atoms with E-state index >= 15 is 0 Å². The van der Waals surface area contributed by atoms with Gasteiger partial charge in [0, 0.05) is 0 Å². The van der Waals surface area contributed by atoms with Gasteiger partial charge in [-0.3, -0.25) is 4.79 Å². The monoisotopic (exact) mass is 307 g/mol. The summed E-state index contributed by atoms with van der Waals surface area (Å²) >= 11 is 11.8. The average Bonchev–Trinajstić information content (AvgIpc) is 3.18. The van der Waals surface area contributed by atoms with Gasteiger partial charge in [-0.1, -0.05) is 47.5 Å². The normalized spacial score (nSPS) is 20.7. The lowest BCUT2D eigenvalue weighted by atomic mass is 10.0. The van der Waals surface area contributed by atoms with E-state index in [0.29, 0.717) is 10.3 Å². The molecule has 1 aromatic carbocycles. The lowest BCUT2D eigenvalue weighted by molar-refractivity contribution is -0.138. The van der Waals surface area contributed by atoms with Gasteiger partial charge in [0.1, 0.15) is 10.3 Å². The van der Waals surface area contributed by atoms with Crippen LogP contribution in [0.25, 0.3) is 11.1 Å². The van der Waals surface area contributed by atoms with Crippen molar-refractivity contribution in [1.29, 1.82) is 0 Å². The molecule has 1 aliphatic carbocycles. The third-order valence-corrected chi connectivity index (χ3v) is 3.93. The number of hydrogen-bond donors (Lipinski definition) is 1. The number of carbonyl (C=O) groups is 1. The highest BCUT2D eigenvalue weighted by atomic mass is 35.5. The van der Waals surface area contributed by atoms with Gasteiger partial charge in [-0.05, 0) is 41.2 Å². The van der Waals surface area contributed by atoms with E-state index in [2.05, 4.69) is 4.98 Å². The summed E-state index contributed by atoms with van der Waals surface area (Å²) in [6.45, 7) is 0. The number of carboxylic acid groups (broad SMARTS) is 1. The Hall–Kier alpha value is -1.58. The van der Waals surface area contributed by atoms with Gasteiger partial charge in [0.15, 0.2) is 0 Å². The summed E-state index contributed by atoms with van der Waals surface area (Å²) in [5.41, 5.74) is 2.94. The Morgan fingerprint density at radius 1 is 1.10 bits per heavy atom. The quantitative estimate of drug-likeness (QED) is 0.863. The van der Waals surface area contributed by atoms with Crippen LogP contribution < -0.4 is 0 Å². The zero-order valence-electron chi connectivity index (χ0n) is 10.4. The number of carboxylic acids is 1. The van der Waals surface area contributed by atoms with Gasteiger partial charge in [0.25, 0.3) is 0 Å². The highest BCUT2D eigenvalue weighted by molar-refractivity contribution is 6.32. The standard InChI is InChI=1S/C15H11Cl2NO2/c16-13-5-10(6-14(17)18-13)8-1-3-9(4-2-8)11-7-12(11)15(19)20/h1-6,11-12H,7H2,(H,19,20). The van der Waals surface area contributed by atoms with E-state index in [1.54, 1.807) is 12.1 Å². The van der Waals surface area contributed by atoms with Crippen molar-refractivity contribution in [2.24, 2.45) is 5.92 Å². The van der Waals surface area contributed by atoms with Gasteiger partial charge in [-0.25, -0.2) is 4.98 Å². The van der Waals surface area contributed by atoms with Crippen molar-refractivity contribution in [3.63, 3.8) is 0 Å². The van der Waals surface area contributed by atoms with Crippen LogP contribution in [0.4, 0.5) is 0 Å². The maximum atomic E-state index is 10.9. The largest absolute Gasteiger partial charge is 0.481 e. The van der Waals surface area contributed by atoms with Crippen LogP contribution in [0.1, 0.15) is 17.9 Å². The third-order valence-electron chi connectivity index (χ3n) is 3.54. The van der Waals surface area contributed by atoms with Crippen molar-refractivity contribution in [3.8, 4) is 11.1 Å². The van der Waals surface area contributed by atoms with E-state index in [1.807, 2.05) is 24.3 Å². The summed E-state index contributed by atoms with van der Waals surface area (Å²) in [6, 6.07) is 11.3. The van der Waals surface area contributed by atoms with Crippen LogP contribution in [0.3, 0.4) is 0 Å². The number of benzene rings is 1. The van der Waals surface area contributed by atoms with Crippen LogP contribution in [-0.4, -0.2) is 16.1 Å². The van der Waals surface area contributed by atoms with Crippen LogP contribution >= 0.6 is 23.2 Å². The van der Waals surface area contributed by atoms with Gasteiger partial charge in [-0.15, -0.1) is 0 Å². The highest BCUT2D eigenvalue weighted by Crippen LogP contribution is 2.47.